The highest BCUT2D eigenvalue weighted by atomic mass is 35.5. The number of para-hydroxylation sites is 1. The van der Waals surface area contributed by atoms with Crippen LogP contribution in [0.5, 0.6) is 0 Å². The highest BCUT2D eigenvalue weighted by Gasteiger charge is 2.18. The Kier molecular flexibility index (Phi) is 3.29. The van der Waals surface area contributed by atoms with Gasteiger partial charge in [-0.1, -0.05) is 17.7 Å². The summed E-state index contributed by atoms with van der Waals surface area (Å²) in [5.41, 5.74) is 7.66. The van der Waals surface area contributed by atoms with E-state index in [-0.39, 0.29) is 10.6 Å². The van der Waals surface area contributed by atoms with E-state index < -0.39 is 10.0 Å². The maximum absolute atomic E-state index is 11.4. The molecule has 0 fully saturated rings. The Morgan fingerprint density at radius 1 is 1.32 bits per heavy atom. The molecule has 19 heavy (non-hydrogen) atoms. The molecular weight excluding hydrogens is 288 g/mol. The van der Waals surface area contributed by atoms with Gasteiger partial charge in [-0.3, -0.25) is 0 Å². The maximum atomic E-state index is 11.4. The smallest absolute Gasteiger partial charge is 0.240 e. The molecule has 102 valence electrons. The van der Waals surface area contributed by atoms with Gasteiger partial charge in [-0.15, -0.1) is 0 Å². The van der Waals surface area contributed by atoms with Crippen molar-refractivity contribution in [1.82, 2.24) is 9.78 Å². The summed E-state index contributed by atoms with van der Waals surface area (Å²) in [5.74, 6) is 0. The van der Waals surface area contributed by atoms with Crippen LogP contribution in [0, 0.1) is 13.8 Å². The Morgan fingerprint density at radius 2 is 1.95 bits per heavy atom. The van der Waals surface area contributed by atoms with Crippen LogP contribution >= 0.6 is 11.6 Å². The second-order valence-electron chi connectivity index (χ2n) is 4.13. The van der Waals surface area contributed by atoms with Gasteiger partial charge in [0.1, 0.15) is 4.90 Å². The molecular formula is C11H13ClN4O2S. The van der Waals surface area contributed by atoms with Gasteiger partial charge in [0, 0.05) is 0 Å². The minimum atomic E-state index is -3.88. The Morgan fingerprint density at radius 3 is 2.42 bits per heavy atom. The molecule has 6 nitrogen and oxygen atoms in total. The number of sulfonamides is 1. The molecule has 0 spiro atoms. The molecule has 1 aromatic carbocycles. The number of halogens is 1. The SMILES string of the molecule is Cc1nn(-c2cccc(S(N)(=O)=O)c2N)c(C)c1Cl. The molecule has 0 radical (unpaired) electrons. The molecule has 1 aromatic heterocycles. The van der Waals surface area contributed by atoms with Crippen LogP contribution in [0.4, 0.5) is 5.69 Å². The van der Waals surface area contributed by atoms with Crippen LogP contribution in [-0.2, 0) is 10.0 Å². The van der Waals surface area contributed by atoms with Gasteiger partial charge in [-0.05, 0) is 26.0 Å². The lowest BCUT2D eigenvalue weighted by molar-refractivity contribution is 0.598. The van der Waals surface area contributed by atoms with Crippen molar-refractivity contribution in [3.8, 4) is 5.69 Å². The van der Waals surface area contributed by atoms with E-state index in [0.29, 0.717) is 22.1 Å². The van der Waals surface area contributed by atoms with Crippen molar-refractivity contribution in [2.24, 2.45) is 5.14 Å². The maximum Gasteiger partial charge on any atom is 0.240 e. The van der Waals surface area contributed by atoms with E-state index in [2.05, 4.69) is 5.10 Å². The summed E-state index contributed by atoms with van der Waals surface area (Å²) in [6.07, 6.45) is 0. The fraction of sp³-hybridized carbons (Fsp3) is 0.182. The molecule has 0 aliphatic carbocycles. The molecule has 2 aromatic rings. The molecule has 2 rings (SSSR count). The van der Waals surface area contributed by atoms with Crippen molar-refractivity contribution in [1.29, 1.82) is 0 Å². The van der Waals surface area contributed by atoms with Crippen LogP contribution in [0.1, 0.15) is 11.4 Å². The van der Waals surface area contributed by atoms with E-state index in [1.165, 1.54) is 10.7 Å². The summed E-state index contributed by atoms with van der Waals surface area (Å²) in [6, 6.07) is 4.55. The minimum Gasteiger partial charge on any atom is -0.396 e. The largest absolute Gasteiger partial charge is 0.396 e. The summed E-state index contributed by atoms with van der Waals surface area (Å²) < 4.78 is 24.4. The first-order valence-corrected chi connectivity index (χ1v) is 7.29. The summed E-state index contributed by atoms with van der Waals surface area (Å²) in [6.45, 7) is 3.52. The van der Waals surface area contributed by atoms with Crippen molar-refractivity contribution in [2.45, 2.75) is 18.7 Å². The van der Waals surface area contributed by atoms with Gasteiger partial charge < -0.3 is 5.73 Å². The Hall–Kier alpha value is -1.57. The molecule has 1 heterocycles. The normalized spacial score (nSPS) is 11.8. The Balaban J connectivity index is 2.74. The third kappa shape index (κ3) is 2.32. The number of aryl methyl sites for hydroxylation is 1. The molecule has 0 aliphatic rings. The Labute approximate surface area is 116 Å². The molecule has 0 saturated carbocycles. The van der Waals surface area contributed by atoms with E-state index in [9.17, 15) is 8.42 Å². The fourth-order valence-electron chi connectivity index (χ4n) is 1.82. The van der Waals surface area contributed by atoms with Gasteiger partial charge in [0.15, 0.2) is 0 Å². The topological polar surface area (TPSA) is 104 Å². The number of aromatic nitrogens is 2. The van der Waals surface area contributed by atoms with E-state index in [1.54, 1.807) is 26.0 Å². The van der Waals surface area contributed by atoms with Crippen molar-refractivity contribution in [2.75, 3.05) is 5.73 Å². The number of rotatable bonds is 2. The number of hydrogen-bond donors (Lipinski definition) is 2. The number of nitrogens with two attached hydrogens (primary N) is 2. The second kappa shape index (κ2) is 4.52. The highest BCUT2D eigenvalue weighted by Crippen LogP contribution is 2.28. The third-order valence-electron chi connectivity index (χ3n) is 2.78. The van der Waals surface area contributed by atoms with E-state index >= 15 is 0 Å². The molecule has 0 atom stereocenters. The monoisotopic (exact) mass is 300 g/mol. The quantitative estimate of drug-likeness (QED) is 0.817. The summed E-state index contributed by atoms with van der Waals surface area (Å²) >= 11 is 6.06. The molecule has 0 unspecified atom stereocenters. The molecule has 0 saturated heterocycles. The average Bonchev–Trinajstić information content (AvgIpc) is 2.56. The summed E-state index contributed by atoms with van der Waals surface area (Å²) in [4.78, 5) is -0.131. The number of nitrogen functional groups attached to an aromatic ring is 1. The molecule has 0 aliphatic heterocycles. The Bertz CT molecular complexity index is 752. The summed E-state index contributed by atoms with van der Waals surface area (Å²) in [5, 5.41) is 9.86. The van der Waals surface area contributed by atoms with Crippen molar-refractivity contribution in [3.05, 3.63) is 34.6 Å². The number of anilines is 1. The number of nitrogens with zero attached hydrogens (tertiary/aromatic N) is 2. The van der Waals surface area contributed by atoms with Crippen molar-refractivity contribution >= 4 is 27.3 Å². The zero-order valence-corrected chi connectivity index (χ0v) is 12.0. The van der Waals surface area contributed by atoms with Crippen LogP contribution in [-0.4, -0.2) is 18.2 Å². The molecule has 4 N–H and O–H groups in total. The first-order chi connectivity index (χ1) is 8.73. The minimum absolute atomic E-state index is 0.0484. The average molecular weight is 301 g/mol. The lowest BCUT2D eigenvalue weighted by atomic mass is 10.2. The van der Waals surface area contributed by atoms with Gasteiger partial charge in [0.25, 0.3) is 0 Å². The summed E-state index contributed by atoms with van der Waals surface area (Å²) in [7, 11) is -3.88. The predicted molar refractivity (Wildman–Crippen MR) is 73.8 cm³/mol. The zero-order valence-electron chi connectivity index (χ0n) is 10.4. The molecule has 0 bridgehead atoms. The van der Waals surface area contributed by atoms with Crippen LogP contribution < -0.4 is 10.9 Å². The van der Waals surface area contributed by atoms with Gasteiger partial charge in [0.05, 0.1) is 27.8 Å². The van der Waals surface area contributed by atoms with Crippen LogP contribution in [0.25, 0.3) is 5.69 Å². The van der Waals surface area contributed by atoms with E-state index in [1.807, 2.05) is 0 Å². The first kappa shape index (κ1) is 13.9. The highest BCUT2D eigenvalue weighted by molar-refractivity contribution is 7.89. The van der Waals surface area contributed by atoms with Gasteiger partial charge >= 0.3 is 0 Å². The number of benzene rings is 1. The van der Waals surface area contributed by atoms with Crippen molar-refractivity contribution in [3.63, 3.8) is 0 Å². The second-order valence-corrected chi connectivity index (χ2v) is 6.04. The van der Waals surface area contributed by atoms with Crippen molar-refractivity contribution < 1.29 is 8.42 Å². The lowest BCUT2D eigenvalue weighted by Gasteiger charge is -2.11. The van der Waals surface area contributed by atoms with Crippen LogP contribution in [0.3, 0.4) is 0 Å². The van der Waals surface area contributed by atoms with E-state index in [0.717, 1.165) is 0 Å². The van der Waals surface area contributed by atoms with E-state index in [4.69, 9.17) is 22.5 Å². The fourth-order valence-corrected chi connectivity index (χ4v) is 2.62. The van der Waals surface area contributed by atoms with Gasteiger partial charge in [0.2, 0.25) is 10.0 Å². The molecule has 0 amide bonds. The zero-order chi connectivity index (χ0) is 14.4. The lowest BCUT2D eigenvalue weighted by Crippen LogP contribution is -2.16. The first-order valence-electron chi connectivity index (χ1n) is 5.37. The third-order valence-corrected chi connectivity index (χ3v) is 4.30. The van der Waals surface area contributed by atoms with Crippen LogP contribution in [0.15, 0.2) is 23.1 Å². The number of primary sulfonamides is 1. The van der Waals surface area contributed by atoms with Gasteiger partial charge in [-0.2, -0.15) is 5.10 Å². The predicted octanol–water partition coefficient (Wildman–Crippen LogP) is 1.37. The van der Waals surface area contributed by atoms with Crippen LogP contribution in [0.2, 0.25) is 5.02 Å². The molecule has 8 heteroatoms. The number of hydrogen-bond acceptors (Lipinski definition) is 4. The van der Waals surface area contributed by atoms with Gasteiger partial charge in [-0.25, -0.2) is 18.2 Å². The standard InChI is InChI=1S/C11H13ClN4O2S/c1-6-10(12)7(2)16(15-6)8-4-3-5-9(11(8)13)19(14,17)18/h3-5H,13H2,1-2H3,(H2,14,17,18).